The fraction of sp³-hybridized carbons (Fsp3) is 0.300. The summed E-state index contributed by atoms with van der Waals surface area (Å²) in [6, 6.07) is 15.1. The third kappa shape index (κ3) is 3.09. The topological polar surface area (TPSA) is 77.8 Å². The molecular weight excluding hydrogens is 318 g/mol. The van der Waals surface area contributed by atoms with Crippen LogP contribution in [0.5, 0.6) is 0 Å². The zero-order chi connectivity index (χ0) is 18.0. The molecule has 0 aromatic heterocycles. The van der Waals surface area contributed by atoms with Crippen molar-refractivity contribution >= 4 is 17.6 Å². The second-order valence-corrected chi connectivity index (χ2v) is 6.22. The van der Waals surface area contributed by atoms with Gasteiger partial charge in [0.05, 0.1) is 11.6 Å². The zero-order valence-electron chi connectivity index (χ0n) is 14.1. The fourth-order valence-corrected chi connectivity index (χ4v) is 3.92. The summed E-state index contributed by atoms with van der Waals surface area (Å²) in [4.78, 5) is 25.1. The van der Waals surface area contributed by atoms with Crippen molar-refractivity contribution in [1.29, 1.82) is 0 Å². The molecule has 0 amide bonds. The van der Waals surface area contributed by atoms with E-state index < -0.39 is 11.9 Å². The number of aromatic carboxylic acids is 1. The van der Waals surface area contributed by atoms with Gasteiger partial charge in [0.15, 0.2) is 0 Å². The lowest BCUT2D eigenvalue weighted by molar-refractivity contribution is -0.137. The van der Waals surface area contributed by atoms with Crippen LogP contribution in [0.3, 0.4) is 0 Å². The Hall–Kier alpha value is -2.82. The highest BCUT2D eigenvalue weighted by atomic mass is 16.4. The van der Waals surface area contributed by atoms with Crippen LogP contribution in [0.25, 0.3) is 0 Å². The van der Waals surface area contributed by atoms with Gasteiger partial charge >= 0.3 is 11.9 Å². The minimum atomic E-state index is -0.970. The number of hydrogen-bond acceptors (Lipinski definition) is 3. The lowest BCUT2D eigenvalue weighted by Gasteiger charge is -2.30. The van der Waals surface area contributed by atoms with Crippen LogP contribution in [0.4, 0.5) is 5.69 Å². The maximum absolute atomic E-state index is 11.7. The summed E-state index contributed by atoms with van der Waals surface area (Å²) in [5.41, 5.74) is 3.00. The van der Waals surface area contributed by atoms with Gasteiger partial charge in [0.1, 0.15) is 0 Å². The molecule has 0 saturated carbocycles. The van der Waals surface area contributed by atoms with Gasteiger partial charge < -0.3 is 15.1 Å². The molecule has 1 aliphatic heterocycles. The number of rotatable bonds is 6. The molecule has 1 heterocycles. The molecule has 0 bridgehead atoms. The van der Waals surface area contributed by atoms with Gasteiger partial charge in [0.25, 0.3) is 0 Å². The molecule has 2 aromatic rings. The van der Waals surface area contributed by atoms with E-state index in [-0.39, 0.29) is 23.9 Å². The molecule has 0 aliphatic carbocycles. The van der Waals surface area contributed by atoms with E-state index in [0.29, 0.717) is 6.42 Å². The number of benzene rings is 2. The lowest BCUT2D eigenvalue weighted by atomic mass is 9.84. The monoisotopic (exact) mass is 339 g/mol. The van der Waals surface area contributed by atoms with Crippen molar-refractivity contribution in [3.63, 3.8) is 0 Å². The van der Waals surface area contributed by atoms with Gasteiger partial charge in [-0.25, -0.2) is 4.79 Å². The average molecular weight is 339 g/mol. The number of carbonyl (C=O) groups is 2. The van der Waals surface area contributed by atoms with Crippen molar-refractivity contribution in [2.45, 2.75) is 31.7 Å². The highest BCUT2D eigenvalue weighted by Crippen LogP contribution is 2.52. The summed E-state index contributed by atoms with van der Waals surface area (Å²) >= 11 is 0. The van der Waals surface area contributed by atoms with Crippen LogP contribution < -0.4 is 4.90 Å². The molecule has 3 rings (SSSR count). The van der Waals surface area contributed by atoms with Crippen molar-refractivity contribution in [2.24, 2.45) is 0 Å². The Morgan fingerprint density at radius 2 is 1.76 bits per heavy atom. The number of hydrogen-bond donors (Lipinski definition) is 2. The standard InChI is InChI=1S/C20H21NO4/c1-2-21-16-10-6-9-15(20(24)25)18(16)14(11-12-17(22)23)19(21)13-7-4-3-5-8-13/h3-10,14,19H,2,11-12H2,1H3,(H,22,23)(H,24,25). The number of aliphatic carboxylic acids is 1. The molecule has 1 aliphatic rings. The Balaban J connectivity index is 2.15. The van der Waals surface area contributed by atoms with E-state index in [1.165, 1.54) is 0 Å². The molecule has 0 saturated heterocycles. The van der Waals surface area contributed by atoms with Crippen molar-refractivity contribution in [3.05, 3.63) is 65.2 Å². The van der Waals surface area contributed by atoms with E-state index >= 15 is 0 Å². The first-order valence-corrected chi connectivity index (χ1v) is 8.44. The van der Waals surface area contributed by atoms with E-state index in [1.54, 1.807) is 12.1 Å². The first kappa shape index (κ1) is 17.0. The minimum absolute atomic E-state index is 0.0128. The number of carboxylic acids is 2. The van der Waals surface area contributed by atoms with Crippen LogP contribution in [-0.2, 0) is 4.79 Å². The molecule has 0 spiro atoms. The normalized spacial score (nSPS) is 18.8. The number of carboxylic acid groups (broad SMARTS) is 2. The summed E-state index contributed by atoms with van der Waals surface area (Å²) in [5, 5.41) is 18.8. The van der Waals surface area contributed by atoms with Crippen molar-refractivity contribution in [2.75, 3.05) is 11.4 Å². The molecule has 2 unspecified atom stereocenters. The molecule has 5 nitrogen and oxygen atoms in total. The third-order valence-corrected chi connectivity index (χ3v) is 4.86. The Kier molecular flexibility index (Phi) is 4.74. The second-order valence-electron chi connectivity index (χ2n) is 6.22. The molecule has 2 aromatic carbocycles. The largest absolute Gasteiger partial charge is 0.481 e. The molecule has 2 N–H and O–H groups in total. The van der Waals surface area contributed by atoms with Crippen LogP contribution in [0.1, 0.15) is 53.2 Å². The molecule has 0 fully saturated rings. The number of fused-ring (bicyclic) bond motifs is 1. The van der Waals surface area contributed by atoms with Gasteiger partial charge in [-0.15, -0.1) is 0 Å². The number of nitrogens with zero attached hydrogens (tertiary/aromatic N) is 1. The smallest absolute Gasteiger partial charge is 0.336 e. The summed E-state index contributed by atoms with van der Waals surface area (Å²) in [7, 11) is 0. The average Bonchev–Trinajstić information content (AvgIpc) is 2.94. The second kappa shape index (κ2) is 6.97. The first-order valence-electron chi connectivity index (χ1n) is 8.44. The van der Waals surface area contributed by atoms with E-state index in [0.717, 1.165) is 23.4 Å². The van der Waals surface area contributed by atoms with Crippen LogP contribution in [-0.4, -0.2) is 28.7 Å². The molecular formula is C20H21NO4. The predicted octanol–water partition coefficient (Wildman–Crippen LogP) is 3.91. The van der Waals surface area contributed by atoms with E-state index in [2.05, 4.69) is 4.90 Å². The highest BCUT2D eigenvalue weighted by Gasteiger charge is 2.41. The Labute approximate surface area is 146 Å². The van der Waals surface area contributed by atoms with E-state index in [4.69, 9.17) is 5.11 Å². The molecule has 0 radical (unpaired) electrons. The summed E-state index contributed by atoms with van der Waals surface area (Å²) in [6.07, 6.45) is 0.418. The van der Waals surface area contributed by atoms with Gasteiger partial charge in [0, 0.05) is 24.6 Å². The van der Waals surface area contributed by atoms with Gasteiger partial charge in [-0.1, -0.05) is 36.4 Å². The van der Waals surface area contributed by atoms with Crippen molar-refractivity contribution < 1.29 is 19.8 Å². The van der Waals surface area contributed by atoms with Crippen molar-refractivity contribution in [3.8, 4) is 0 Å². The first-order chi connectivity index (χ1) is 12.0. The van der Waals surface area contributed by atoms with Gasteiger partial charge in [0.2, 0.25) is 0 Å². The maximum atomic E-state index is 11.7. The van der Waals surface area contributed by atoms with Gasteiger partial charge in [-0.3, -0.25) is 4.79 Å². The molecule has 130 valence electrons. The SMILES string of the molecule is CCN1c2cccc(C(=O)O)c2C(CCC(=O)O)C1c1ccccc1. The summed E-state index contributed by atoms with van der Waals surface area (Å²) in [5.74, 6) is -2.00. The Morgan fingerprint density at radius 3 is 2.36 bits per heavy atom. The molecule has 25 heavy (non-hydrogen) atoms. The van der Waals surface area contributed by atoms with Crippen LogP contribution >= 0.6 is 0 Å². The Bertz CT molecular complexity index is 788. The van der Waals surface area contributed by atoms with Gasteiger partial charge in [-0.2, -0.15) is 0 Å². The number of anilines is 1. The van der Waals surface area contributed by atoms with Gasteiger partial charge in [-0.05, 0) is 36.6 Å². The molecule has 2 atom stereocenters. The van der Waals surface area contributed by atoms with Crippen molar-refractivity contribution in [1.82, 2.24) is 0 Å². The van der Waals surface area contributed by atoms with Crippen LogP contribution in [0.2, 0.25) is 0 Å². The van der Waals surface area contributed by atoms with Crippen LogP contribution in [0, 0.1) is 0 Å². The predicted molar refractivity (Wildman–Crippen MR) is 95.2 cm³/mol. The molecule has 5 heteroatoms. The minimum Gasteiger partial charge on any atom is -0.481 e. The summed E-state index contributed by atoms with van der Waals surface area (Å²) in [6.45, 7) is 2.76. The summed E-state index contributed by atoms with van der Waals surface area (Å²) < 4.78 is 0. The third-order valence-electron chi connectivity index (χ3n) is 4.86. The highest BCUT2D eigenvalue weighted by molar-refractivity contribution is 5.93. The van der Waals surface area contributed by atoms with E-state index in [9.17, 15) is 14.7 Å². The fourth-order valence-electron chi connectivity index (χ4n) is 3.92. The Morgan fingerprint density at radius 1 is 1.04 bits per heavy atom. The maximum Gasteiger partial charge on any atom is 0.336 e. The van der Waals surface area contributed by atoms with Crippen LogP contribution in [0.15, 0.2) is 48.5 Å². The zero-order valence-corrected chi connectivity index (χ0v) is 14.1. The number of likely N-dealkylation sites (N-methyl/N-ethyl adjacent to an activating group) is 1. The quantitative estimate of drug-likeness (QED) is 0.834. The lowest BCUT2D eigenvalue weighted by Crippen LogP contribution is -2.26. The van der Waals surface area contributed by atoms with E-state index in [1.807, 2.05) is 43.3 Å².